The number of aromatic nitrogens is 1. The van der Waals surface area contributed by atoms with Crippen LogP contribution >= 0.6 is 0 Å². The summed E-state index contributed by atoms with van der Waals surface area (Å²) >= 11 is 0. The highest BCUT2D eigenvalue weighted by atomic mass is 32.2. The lowest BCUT2D eigenvalue weighted by Gasteiger charge is -2.10. The monoisotopic (exact) mass is 278 g/mol. The lowest BCUT2D eigenvalue weighted by molar-refractivity contribution is 0.601. The van der Waals surface area contributed by atoms with E-state index < -0.39 is 10.0 Å². The maximum atomic E-state index is 12.2. The minimum atomic E-state index is -3.65. The van der Waals surface area contributed by atoms with E-state index in [-0.39, 0.29) is 10.7 Å². The summed E-state index contributed by atoms with van der Waals surface area (Å²) in [6.07, 6.45) is 1.38. The SMILES string of the molecule is Cc1ccccc1NS(=O)(=O)c1ccnc(NN)c1. The zero-order valence-corrected chi connectivity index (χ0v) is 11.1. The second kappa shape index (κ2) is 5.25. The Morgan fingerprint density at radius 1 is 1.21 bits per heavy atom. The molecule has 0 aliphatic rings. The van der Waals surface area contributed by atoms with E-state index in [1.165, 1.54) is 18.3 Å². The molecule has 0 spiro atoms. The van der Waals surface area contributed by atoms with Crippen molar-refractivity contribution in [1.29, 1.82) is 0 Å². The molecule has 0 saturated carbocycles. The van der Waals surface area contributed by atoms with Crippen LogP contribution < -0.4 is 16.0 Å². The van der Waals surface area contributed by atoms with Gasteiger partial charge in [-0.15, -0.1) is 0 Å². The summed E-state index contributed by atoms with van der Waals surface area (Å²) in [5, 5.41) is 0. The number of para-hydroxylation sites is 1. The fourth-order valence-electron chi connectivity index (χ4n) is 1.55. The molecule has 0 amide bonds. The molecule has 0 unspecified atom stereocenters. The number of aryl methyl sites for hydroxylation is 1. The van der Waals surface area contributed by atoms with Crippen molar-refractivity contribution in [2.45, 2.75) is 11.8 Å². The lowest BCUT2D eigenvalue weighted by Crippen LogP contribution is -2.15. The third-order valence-corrected chi connectivity index (χ3v) is 3.94. The molecule has 0 aliphatic heterocycles. The summed E-state index contributed by atoms with van der Waals surface area (Å²) in [7, 11) is -3.65. The smallest absolute Gasteiger partial charge is 0.262 e. The Bertz CT molecular complexity index is 686. The summed E-state index contributed by atoms with van der Waals surface area (Å²) < 4.78 is 27.0. The Labute approximate surface area is 111 Å². The highest BCUT2D eigenvalue weighted by Crippen LogP contribution is 2.20. The molecule has 100 valence electrons. The van der Waals surface area contributed by atoms with Crippen molar-refractivity contribution in [3.8, 4) is 0 Å². The average Bonchev–Trinajstić information content (AvgIpc) is 2.41. The van der Waals surface area contributed by atoms with E-state index in [9.17, 15) is 8.42 Å². The van der Waals surface area contributed by atoms with Gasteiger partial charge in [-0.05, 0) is 24.6 Å². The minimum absolute atomic E-state index is 0.0960. The average molecular weight is 278 g/mol. The van der Waals surface area contributed by atoms with Gasteiger partial charge in [0.05, 0.1) is 10.6 Å². The number of anilines is 2. The number of hydrogen-bond donors (Lipinski definition) is 3. The molecule has 0 atom stereocenters. The van der Waals surface area contributed by atoms with E-state index in [1.807, 2.05) is 19.1 Å². The van der Waals surface area contributed by atoms with Crippen molar-refractivity contribution in [2.24, 2.45) is 5.84 Å². The van der Waals surface area contributed by atoms with E-state index >= 15 is 0 Å². The zero-order chi connectivity index (χ0) is 13.9. The van der Waals surface area contributed by atoms with Gasteiger partial charge in [0.25, 0.3) is 10.0 Å². The van der Waals surface area contributed by atoms with Crippen LogP contribution in [0.25, 0.3) is 0 Å². The van der Waals surface area contributed by atoms with Crippen LogP contribution in [0.3, 0.4) is 0 Å². The number of hydrogen-bond acceptors (Lipinski definition) is 5. The molecule has 6 nitrogen and oxygen atoms in total. The molecule has 0 fully saturated rings. The van der Waals surface area contributed by atoms with Crippen LogP contribution in [0.2, 0.25) is 0 Å². The van der Waals surface area contributed by atoms with Crippen molar-refractivity contribution in [3.05, 3.63) is 48.2 Å². The van der Waals surface area contributed by atoms with Gasteiger partial charge in [0, 0.05) is 12.3 Å². The van der Waals surface area contributed by atoms with Gasteiger partial charge in [-0.3, -0.25) is 4.72 Å². The summed E-state index contributed by atoms with van der Waals surface area (Å²) in [4.78, 5) is 3.96. The predicted octanol–water partition coefficient (Wildman–Crippen LogP) is 1.48. The Morgan fingerprint density at radius 3 is 2.63 bits per heavy atom. The molecule has 1 aromatic carbocycles. The summed E-state index contributed by atoms with van der Waals surface area (Å²) in [5.74, 6) is 5.50. The van der Waals surface area contributed by atoms with Gasteiger partial charge in [-0.1, -0.05) is 18.2 Å². The zero-order valence-electron chi connectivity index (χ0n) is 10.3. The minimum Gasteiger partial charge on any atom is -0.308 e. The van der Waals surface area contributed by atoms with Crippen molar-refractivity contribution in [2.75, 3.05) is 10.1 Å². The first-order valence-electron chi connectivity index (χ1n) is 5.54. The van der Waals surface area contributed by atoms with E-state index in [2.05, 4.69) is 15.1 Å². The second-order valence-electron chi connectivity index (χ2n) is 3.94. The van der Waals surface area contributed by atoms with Gasteiger partial charge in [-0.2, -0.15) is 0 Å². The van der Waals surface area contributed by atoms with Crippen molar-refractivity contribution in [1.82, 2.24) is 4.98 Å². The van der Waals surface area contributed by atoms with Crippen LogP contribution in [-0.2, 0) is 10.0 Å². The highest BCUT2D eigenvalue weighted by Gasteiger charge is 2.15. The highest BCUT2D eigenvalue weighted by molar-refractivity contribution is 7.92. The Balaban J connectivity index is 2.35. The van der Waals surface area contributed by atoms with Crippen LogP contribution in [-0.4, -0.2) is 13.4 Å². The van der Waals surface area contributed by atoms with Crippen LogP contribution in [0.1, 0.15) is 5.56 Å². The van der Waals surface area contributed by atoms with Crippen LogP contribution in [0.4, 0.5) is 11.5 Å². The quantitative estimate of drug-likeness (QED) is 0.581. The second-order valence-corrected chi connectivity index (χ2v) is 5.62. The van der Waals surface area contributed by atoms with Gasteiger partial charge in [0.1, 0.15) is 5.82 Å². The van der Waals surface area contributed by atoms with Gasteiger partial charge in [0.15, 0.2) is 0 Å². The topological polar surface area (TPSA) is 97.1 Å². The van der Waals surface area contributed by atoms with E-state index in [0.717, 1.165) is 5.56 Å². The Morgan fingerprint density at radius 2 is 1.95 bits per heavy atom. The number of rotatable bonds is 4. The summed E-state index contributed by atoms with van der Waals surface area (Å²) in [6, 6.07) is 9.91. The molecule has 0 radical (unpaired) electrons. The van der Waals surface area contributed by atoms with Crippen molar-refractivity contribution in [3.63, 3.8) is 0 Å². The van der Waals surface area contributed by atoms with Gasteiger partial charge in [0.2, 0.25) is 0 Å². The molecule has 2 rings (SSSR count). The van der Waals surface area contributed by atoms with Gasteiger partial charge >= 0.3 is 0 Å². The predicted molar refractivity (Wildman–Crippen MR) is 74.0 cm³/mol. The molecule has 1 heterocycles. The van der Waals surface area contributed by atoms with Crippen molar-refractivity contribution >= 4 is 21.5 Å². The molecule has 19 heavy (non-hydrogen) atoms. The fourth-order valence-corrected chi connectivity index (χ4v) is 2.69. The van der Waals surface area contributed by atoms with Crippen LogP contribution in [0.15, 0.2) is 47.5 Å². The number of benzene rings is 1. The molecular formula is C12H14N4O2S. The molecular weight excluding hydrogens is 264 g/mol. The van der Waals surface area contributed by atoms with E-state index in [4.69, 9.17) is 5.84 Å². The van der Waals surface area contributed by atoms with Crippen LogP contribution in [0, 0.1) is 6.92 Å². The number of pyridine rings is 1. The molecule has 0 bridgehead atoms. The largest absolute Gasteiger partial charge is 0.308 e. The number of hydrazine groups is 1. The normalized spacial score (nSPS) is 11.1. The number of nitrogens with two attached hydrogens (primary N) is 1. The first-order valence-corrected chi connectivity index (χ1v) is 7.02. The first kappa shape index (κ1) is 13.3. The maximum Gasteiger partial charge on any atom is 0.262 e. The molecule has 0 aliphatic carbocycles. The number of nitrogens with zero attached hydrogens (tertiary/aromatic N) is 1. The Kier molecular flexibility index (Phi) is 3.68. The fraction of sp³-hybridized carbons (Fsp3) is 0.0833. The standard InChI is InChI=1S/C12H14N4O2S/c1-9-4-2-3-5-11(9)16-19(17,18)10-6-7-14-12(8-10)15-13/h2-8,16H,13H2,1H3,(H,14,15). The van der Waals surface area contributed by atoms with Crippen LogP contribution in [0.5, 0.6) is 0 Å². The van der Waals surface area contributed by atoms with E-state index in [1.54, 1.807) is 12.1 Å². The third-order valence-electron chi connectivity index (χ3n) is 2.58. The summed E-state index contributed by atoms with van der Waals surface area (Å²) in [5.41, 5.74) is 3.70. The number of nitrogen functional groups attached to an aromatic ring is 1. The number of sulfonamides is 1. The first-order chi connectivity index (χ1) is 9.03. The maximum absolute atomic E-state index is 12.2. The van der Waals surface area contributed by atoms with Gasteiger partial charge < -0.3 is 5.43 Å². The van der Waals surface area contributed by atoms with E-state index in [0.29, 0.717) is 5.69 Å². The van der Waals surface area contributed by atoms with Gasteiger partial charge in [-0.25, -0.2) is 19.2 Å². The molecule has 1 aromatic heterocycles. The number of nitrogens with one attached hydrogen (secondary N) is 2. The molecule has 2 aromatic rings. The molecule has 7 heteroatoms. The summed E-state index contributed by atoms with van der Waals surface area (Å²) in [6.45, 7) is 1.83. The lowest BCUT2D eigenvalue weighted by atomic mass is 10.2. The third kappa shape index (κ3) is 3.01. The van der Waals surface area contributed by atoms with Crippen molar-refractivity contribution < 1.29 is 8.42 Å². The molecule has 0 saturated heterocycles. The Hall–Kier alpha value is -2.12. The molecule has 4 N–H and O–H groups in total.